The Morgan fingerprint density at radius 2 is 1.70 bits per heavy atom. The van der Waals surface area contributed by atoms with Crippen LogP contribution in [0.5, 0.6) is 0 Å². The van der Waals surface area contributed by atoms with Gasteiger partial charge in [0.2, 0.25) is 0 Å². The predicted molar refractivity (Wildman–Crippen MR) is 88.0 cm³/mol. The van der Waals surface area contributed by atoms with E-state index in [1.807, 2.05) is 0 Å². The van der Waals surface area contributed by atoms with Gasteiger partial charge in [0.1, 0.15) is 0 Å². The molecule has 0 aromatic heterocycles. The molecular weight excluding hydrogens is 246 g/mol. The zero-order valence-corrected chi connectivity index (χ0v) is 14.1. The zero-order valence-electron chi connectivity index (χ0n) is 14.1. The van der Waals surface area contributed by atoms with Gasteiger partial charge in [0.15, 0.2) is 0 Å². The SMILES string of the molecule is CCCCC(CC)CC(N)C1(OCC)CCCCCC1. The van der Waals surface area contributed by atoms with Crippen molar-refractivity contribution in [2.75, 3.05) is 6.61 Å². The quantitative estimate of drug-likeness (QED) is 0.601. The summed E-state index contributed by atoms with van der Waals surface area (Å²) in [5, 5.41) is 0. The van der Waals surface area contributed by atoms with Crippen molar-refractivity contribution in [3.8, 4) is 0 Å². The van der Waals surface area contributed by atoms with Crippen LogP contribution in [-0.4, -0.2) is 18.2 Å². The summed E-state index contributed by atoms with van der Waals surface area (Å²) in [6, 6.07) is 0.224. The Kier molecular flexibility index (Phi) is 8.79. The van der Waals surface area contributed by atoms with Crippen LogP contribution >= 0.6 is 0 Å². The summed E-state index contributed by atoms with van der Waals surface area (Å²) in [6.45, 7) is 7.51. The van der Waals surface area contributed by atoms with Crippen molar-refractivity contribution in [1.82, 2.24) is 0 Å². The molecule has 2 unspecified atom stereocenters. The van der Waals surface area contributed by atoms with E-state index in [1.165, 1.54) is 64.2 Å². The highest BCUT2D eigenvalue weighted by Gasteiger charge is 2.38. The van der Waals surface area contributed by atoms with Gasteiger partial charge in [-0.2, -0.15) is 0 Å². The van der Waals surface area contributed by atoms with Gasteiger partial charge >= 0.3 is 0 Å². The van der Waals surface area contributed by atoms with E-state index >= 15 is 0 Å². The van der Waals surface area contributed by atoms with Gasteiger partial charge in [0, 0.05) is 12.6 Å². The molecule has 0 saturated heterocycles. The minimum Gasteiger partial charge on any atom is -0.374 e. The van der Waals surface area contributed by atoms with Crippen LogP contribution in [0, 0.1) is 5.92 Å². The van der Waals surface area contributed by atoms with Crippen molar-refractivity contribution in [2.45, 2.75) is 103 Å². The second-order valence-corrected chi connectivity index (χ2v) is 6.67. The van der Waals surface area contributed by atoms with Crippen LogP contribution in [-0.2, 0) is 4.74 Å². The number of hydrogen-bond acceptors (Lipinski definition) is 2. The molecule has 2 heteroatoms. The topological polar surface area (TPSA) is 35.2 Å². The second kappa shape index (κ2) is 9.78. The van der Waals surface area contributed by atoms with E-state index in [2.05, 4.69) is 20.8 Å². The fraction of sp³-hybridized carbons (Fsp3) is 1.00. The third-order valence-electron chi connectivity index (χ3n) is 5.19. The highest BCUT2D eigenvalue weighted by Crippen LogP contribution is 2.35. The lowest BCUT2D eigenvalue weighted by molar-refractivity contribution is -0.0731. The van der Waals surface area contributed by atoms with Gasteiger partial charge < -0.3 is 10.5 Å². The molecule has 120 valence electrons. The summed E-state index contributed by atoms with van der Waals surface area (Å²) in [4.78, 5) is 0. The first-order valence-corrected chi connectivity index (χ1v) is 9.08. The van der Waals surface area contributed by atoms with Crippen LogP contribution in [0.3, 0.4) is 0 Å². The Balaban J connectivity index is 2.63. The zero-order chi connectivity index (χ0) is 14.8. The smallest absolute Gasteiger partial charge is 0.0832 e. The van der Waals surface area contributed by atoms with Crippen LogP contribution in [0.15, 0.2) is 0 Å². The standard InChI is InChI=1S/C18H37NO/c1-4-7-12-16(5-2)15-17(19)18(20-6-3)13-10-8-9-11-14-18/h16-17H,4-15,19H2,1-3H3. The maximum Gasteiger partial charge on any atom is 0.0832 e. The van der Waals surface area contributed by atoms with E-state index in [9.17, 15) is 0 Å². The first-order valence-electron chi connectivity index (χ1n) is 9.08. The first kappa shape index (κ1) is 18.0. The highest BCUT2D eigenvalue weighted by molar-refractivity contribution is 4.93. The molecule has 2 nitrogen and oxygen atoms in total. The van der Waals surface area contributed by atoms with Crippen LogP contribution < -0.4 is 5.73 Å². The van der Waals surface area contributed by atoms with E-state index < -0.39 is 0 Å². The molecule has 2 atom stereocenters. The van der Waals surface area contributed by atoms with Crippen molar-refractivity contribution in [2.24, 2.45) is 11.7 Å². The maximum atomic E-state index is 6.66. The van der Waals surface area contributed by atoms with Crippen LogP contribution in [0.1, 0.15) is 91.4 Å². The van der Waals surface area contributed by atoms with E-state index in [0.29, 0.717) is 0 Å². The maximum absolute atomic E-state index is 6.66. The molecule has 0 spiro atoms. The predicted octanol–water partition coefficient (Wildman–Crippen LogP) is 5.05. The van der Waals surface area contributed by atoms with E-state index in [-0.39, 0.29) is 11.6 Å². The average molecular weight is 283 g/mol. The van der Waals surface area contributed by atoms with Gasteiger partial charge in [-0.25, -0.2) is 0 Å². The summed E-state index contributed by atoms with van der Waals surface area (Å²) in [5.74, 6) is 0.783. The number of unbranched alkanes of at least 4 members (excludes halogenated alkanes) is 1. The van der Waals surface area contributed by atoms with Gasteiger partial charge in [0.25, 0.3) is 0 Å². The highest BCUT2D eigenvalue weighted by atomic mass is 16.5. The van der Waals surface area contributed by atoms with Crippen LogP contribution in [0.4, 0.5) is 0 Å². The second-order valence-electron chi connectivity index (χ2n) is 6.67. The molecule has 1 rings (SSSR count). The number of rotatable bonds is 9. The molecular formula is C18H37NO. The third-order valence-corrected chi connectivity index (χ3v) is 5.19. The van der Waals surface area contributed by atoms with E-state index in [4.69, 9.17) is 10.5 Å². The van der Waals surface area contributed by atoms with Gasteiger partial charge in [-0.1, -0.05) is 65.2 Å². The molecule has 1 saturated carbocycles. The molecule has 20 heavy (non-hydrogen) atoms. The first-order chi connectivity index (χ1) is 9.68. The van der Waals surface area contributed by atoms with Gasteiger partial charge in [0.05, 0.1) is 5.60 Å². The molecule has 1 aliphatic carbocycles. The van der Waals surface area contributed by atoms with Gasteiger partial charge in [-0.05, 0) is 32.1 Å². The monoisotopic (exact) mass is 283 g/mol. The van der Waals surface area contributed by atoms with Crippen LogP contribution in [0.2, 0.25) is 0 Å². The molecule has 0 heterocycles. The Hall–Kier alpha value is -0.0800. The molecule has 0 aromatic carbocycles. The van der Waals surface area contributed by atoms with Crippen molar-refractivity contribution in [3.63, 3.8) is 0 Å². The minimum atomic E-state index is -0.0229. The number of hydrogen-bond donors (Lipinski definition) is 1. The van der Waals surface area contributed by atoms with Gasteiger partial charge in [-0.15, -0.1) is 0 Å². The largest absolute Gasteiger partial charge is 0.374 e. The molecule has 1 fully saturated rings. The minimum absolute atomic E-state index is 0.0229. The lowest BCUT2D eigenvalue weighted by Gasteiger charge is -2.39. The number of ether oxygens (including phenoxy) is 1. The Morgan fingerprint density at radius 1 is 1.05 bits per heavy atom. The summed E-state index contributed by atoms with van der Waals surface area (Å²) < 4.78 is 6.24. The Labute approximate surface area is 126 Å². The molecule has 1 aliphatic rings. The van der Waals surface area contributed by atoms with Gasteiger partial charge in [-0.3, -0.25) is 0 Å². The third kappa shape index (κ3) is 5.37. The molecule has 2 N–H and O–H groups in total. The summed E-state index contributed by atoms with van der Waals surface area (Å²) in [5.41, 5.74) is 6.64. The summed E-state index contributed by atoms with van der Waals surface area (Å²) >= 11 is 0. The van der Waals surface area contributed by atoms with E-state index in [1.54, 1.807) is 0 Å². The van der Waals surface area contributed by atoms with Crippen molar-refractivity contribution >= 4 is 0 Å². The van der Waals surface area contributed by atoms with Crippen molar-refractivity contribution in [1.29, 1.82) is 0 Å². The number of nitrogens with two attached hydrogens (primary N) is 1. The fourth-order valence-corrected chi connectivity index (χ4v) is 3.79. The molecule has 0 aliphatic heterocycles. The lowest BCUT2D eigenvalue weighted by atomic mass is 9.80. The molecule has 0 amide bonds. The lowest BCUT2D eigenvalue weighted by Crippen LogP contribution is -2.50. The normalized spacial score (nSPS) is 22.2. The molecule has 0 aromatic rings. The average Bonchev–Trinajstić information content (AvgIpc) is 2.70. The fourth-order valence-electron chi connectivity index (χ4n) is 3.79. The summed E-state index contributed by atoms with van der Waals surface area (Å²) in [7, 11) is 0. The Bertz CT molecular complexity index is 234. The molecule has 0 radical (unpaired) electrons. The van der Waals surface area contributed by atoms with Crippen LogP contribution in [0.25, 0.3) is 0 Å². The molecule has 0 bridgehead atoms. The van der Waals surface area contributed by atoms with Crippen molar-refractivity contribution < 1.29 is 4.74 Å². The van der Waals surface area contributed by atoms with E-state index in [0.717, 1.165) is 18.9 Å². The summed E-state index contributed by atoms with van der Waals surface area (Å²) in [6.07, 6.45) is 14.0. The van der Waals surface area contributed by atoms with Crippen molar-refractivity contribution in [3.05, 3.63) is 0 Å². The Morgan fingerprint density at radius 3 is 2.20 bits per heavy atom.